The number of rotatable bonds is 4. The van der Waals surface area contributed by atoms with Gasteiger partial charge in [0, 0.05) is 16.0 Å². The van der Waals surface area contributed by atoms with Crippen LogP contribution in [0.15, 0.2) is 88.7 Å². The molecule has 25 heavy (non-hydrogen) atoms. The number of hydrogen-bond acceptors (Lipinski definition) is 3. The third-order valence-corrected chi connectivity index (χ3v) is 5.12. The number of carbonyl (C=O) groups is 1. The van der Waals surface area contributed by atoms with Gasteiger partial charge in [-0.15, -0.1) is 0 Å². The number of para-hydroxylation sites is 1. The summed E-state index contributed by atoms with van der Waals surface area (Å²) in [5.74, 6) is 0.863. The lowest BCUT2D eigenvalue weighted by molar-refractivity contribution is 0.104. The number of thioether (sulfide) groups is 1. The number of Topliss-reactive ketones (excluding diaryl/α,β-unsaturated/α-hetero) is 1. The van der Waals surface area contributed by atoms with Gasteiger partial charge in [0.25, 0.3) is 0 Å². The van der Waals surface area contributed by atoms with Crippen molar-refractivity contribution in [3.05, 3.63) is 100 Å². The maximum Gasteiger partial charge on any atom is 0.200 e. The molecule has 0 amide bonds. The lowest BCUT2D eigenvalue weighted by Gasteiger charge is -2.09. The molecule has 0 saturated heterocycles. The zero-order valence-corrected chi connectivity index (χ0v) is 14.3. The summed E-state index contributed by atoms with van der Waals surface area (Å²) in [6.45, 7) is 0.502. The van der Waals surface area contributed by atoms with Gasteiger partial charge in [0.1, 0.15) is 12.4 Å². The van der Waals surface area contributed by atoms with Crippen molar-refractivity contribution in [2.24, 2.45) is 0 Å². The predicted molar refractivity (Wildman–Crippen MR) is 102 cm³/mol. The first-order chi connectivity index (χ1) is 12.3. The smallest absolute Gasteiger partial charge is 0.200 e. The summed E-state index contributed by atoms with van der Waals surface area (Å²) in [5.41, 5.74) is 2.81. The highest BCUT2D eigenvalue weighted by atomic mass is 32.2. The molecular weight excluding hydrogens is 328 g/mol. The van der Waals surface area contributed by atoms with Crippen LogP contribution in [0, 0.1) is 0 Å². The normalized spacial score (nSPS) is 14.6. The number of ketones is 1. The molecule has 0 saturated carbocycles. The zero-order chi connectivity index (χ0) is 17.1. The second kappa shape index (κ2) is 6.99. The summed E-state index contributed by atoms with van der Waals surface area (Å²) in [7, 11) is 0. The molecule has 0 bridgehead atoms. The summed E-state index contributed by atoms with van der Waals surface area (Å²) < 4.78 is 5.98. The number of carbonyl (C=O) groups excluding carboxylic acids is 1. The molecular formula is C22H16O2S. The minimum Gasteiger partial charge on any atom is -0.488 e. The molecule has 0 aromatic heterocycles. The molecule has 0 atom stereocenters. The topological polar surface area (TPSA) is 26.3 Å². The molecule has 1 heterocycles. The van der Waals surface area contributed by atoms with Crippen LogP contribution in [0.25, 0.3) is 6.08 Å². The van der Waals surface area contributed by atoms with Crippen molar-refractivity contribution in [3.8, 4) is 5.75 Å². The summed E-state index contributed by atoms with van der Waals surface area (Å²) in [6.07, 6.45) is 1.92. The highest BCUT2D eigenvalue weighted by Gasteiger charge is 2.25. The van der Waals surface area contributed by atoms with E-state index < -0.39 is 0 Å². The van der Waals surface area contributed by atoms with Crippen LogP contribution in [-0.2, 0) is 6.61 Å². The Morgan fingerprint density at radius 1 is 0.840 bits per heavy atom. The van der Waals surface area contributed by atoms with Crippen molar-refractivity contribution >= 4 is 23.6 Å². The van der Waals surface area contributed by atoms with E-state index in [2.05, 4.69) is 0 Å². The van der Waals surface area contributed by atoms with Crippen LogP contribution >= 0.6 is 11.8 Å². The second-order valence-electron chi connectivity index (χ2n) is 5.75. The minimum absolute atomic E-state index is 0.0819. The SMILES string of the molecule is O=C1/C(=C\c2ccccc2OCc2ccccc2)Sc2ccccc21. The minimum atomic E-state index is 0.0819. The maximum absolute atomic E-state index is 12.6. The van der Waals surface area contributed by atoms with Crippen LogP contribution in [-0.4, -0.2) is 5.78 Å². The first kappa shape index (κ1) is 15.7. The van der Waals surface area contributed by atoms with Gasteiger partial charge in [0.05, 0.1) is 4.91 Å². The summed E-state index contributed by atoms with van der Waals surface area (Å²) in [6, 6.07) is 25.6. The van der Waals surface area contributed by atoms with Crippen LogP contribution in [0.5, 0.6) is 5.75 Å². The van der Waals surface area contributed by atoms with E-state index in [1.165, 1.54) is 11.8 Å². The van der Waals surface area contributed by atoms with Gasteiger partial charge in [0.2, 0.25) is 5.78 Å². The number of ether oxygens (including phenoxy) is 1. The Labute approximate surface area is 151 Å². The summed E-state index contributed by atoms with van der Waals surface area (Å²) in [4.78, 5) is 14.3. The molecule has 4 rings (SSSR count). The van der Waals surface area contributed by atoms with Gasteiger partial charge in [-0.3, -0.25) is 4.79 Å². The third kappa shape index (κ3) is 3.37. The molecule has 0 fully saturated rings. The fourth-order valence-corrected chi connectivity index (χ4v) is 3.79. The van der Waals surface area contributed by atoms with Gasteiger partial charge < -0.3 is 4.74 Å². The van der Waals surface area contributed by atoms with Gasteiger partial charge in [0.15, 0.2) is 0 Å². The molecule has 0 N–H and O–H groups in total. The van der Waals surface area contributed by atoms with E-state index in [0.717, 1.165) is 32.2 Å². The predicted octanol–water partition coefficient (Wildman–Crippen LogP) is 5.60. The fraction of sp³-hybridized carbons (Fsp3) is 0.0455. The lowest BCUT2D eigenvalue weighted by atomic mass is 10.1. The molecule has 3 heteroatoms. The molecule has 0 radical (unpaired) electrons. The van der Waals surface area contributed by atoms with Gasteiger partial charge in [-0.05, 0) is 29.8 Å². The van der Waals surface area contributed by atoms with Crippen LogP contribution in [0.1, 0.15) is 21.5 Å². The molecule has 2 nitrogen and oxygen atoms in total. The van der Waals surface area contributed by atoms with E-state index in [0.29, 0.717) is 6.61 Å². The Bertz CT molecular complexity index is 945. The molecule has 3 aromatic rings. The number of fused-ring (bicyclic) bond motifs is 1. The maximum atomic E-state index is 12.6. The molecule has 1 aliphatic heterocycles. The monoisotopic (exact) mass is 344 g/mol. The van der Waals surface area contributed by atoms with Gasteiger partial charge in [-0.25, -0.2) is 0 Å². The van der Waals surface area contributed by atoms with Gasteiger partial charge in [-0.2, -0.15) is 0 Å². The van der Waals surface area contributed by atoms with E-state index in [4.69, 9.17) is 4.74 Å². The number of hydrogen-bond donors (Lipinski definition) is 0. The second-order valence-corrected chi connectivity index (χ2v) is 6.83. The van der Waals surface area contributed by atoms with E-state index in [9.17, 15) is 4.79 Å². The highest BCUT2D eigenvalue weighted by Crippen LogP contribution is 2.41. The van der Waals surface area contributed by atoms with Crippen LogP contribution in [0.2, 0.25) is 0 Å². The Balaban J connectivity index is 1.59. The average molecular weight is 344 g/mol. The molecule has 0 aliphatic carbocycles. The van der Waals surface area contributed by atoms with E-state index in [1.54, 1.807) is 0 Å². The largest absolute Gasteiger partial charge is 0.488 e. The summed E-state index contributed by atoms with van der Waals surface area (Å²) >= 11 is 1.52. The quantitative estimate of drug-likeness (QED) is 0.577. The van der Waals surface area contributed by atoms with Crippen molar-refractivity contribution in [3.63, 3.8) is 0 Å². The average Bonchev–Trinajstić information content (AvgIpc) is 2.98. The Morgan fingerprint density at radius 2 is 1.56 bits per heavy atom. The first-order valence-corrected chi connectivity index (χ1v) is 8.92. The number of allylic oxidation sites excluding steroid dienone is 1. The fourth-order valence-electron chi connectivity index (χ4n) is 2.74. The zero-order valence-electron chi connectivity index (χ0n) is 13.5. The van der Waals surface area contributed by atoms with E-state index in [-0.39, 0.29) is 5.78 Å². The van der Waals surface area contributed by atoms with Crippen molar-refractivity contribution in [2.45, 2.75) is 11.5 Å². The van der Waals surface area contributed by atoms with E-state index >= 15 is 0 Å². The first-order valence-electron chi connectivity index (χ1n) is 8.10. The van der Waals surface area contributed by atoms with Crippen LogP contribution in [0.3, 0.4) is 0 Å². The lowest BCUT2D eigenvalue weighted by Crippen LogP contribution is -1.97. The van der Waals surface area contributed by atoms with Gasteiger partial charge >= 0.3 is 0 Å². The molecule has 0 spiro atoms. The molecule has 0 unspecified atom stereocenters. The molecule has 1 aliphatic rings. The van der Waals surface area contributed by atoms with Crippen molar-refractivity contribution in [2.75, 3.05) is 0 Å². The standard InChI is InChI=1S/C22H16O2S/c23-22-18-11-5-7-13-20(18)25-21(22)14-17-10-4-6-12-19(17)24-15-16-8-2-1-3-9-16/h1-14H,15H2/b21-14+. The third-order valence-electron chi connectivity index (χ3n) is 4.02. The van der Waals surface area contributed by atoms with E-state index in [1.807, 2.05) is 84.9 Å². The van der Waals surface area contributed by atoms with Crippen molar-refractivity contribution < 1.29 is 9.53 Å². The summed E-state index contributed by atoms with van der Waals surface area (Å²) in [5, 5.41) is 0. The van der Waals surface area contributed by atoms with Crippen LogP contribution < -0.4 is 4.74 Å². The van der Waals surface area contributed by atoms with Crippen molar-refractivity contribution in [1.29, 1.82) is 0 Å². The van der Waals surface area contributed by atoms with Gasteiger partial charge in [-0.1, -0.05) is 72.4 Å². The highest BCUT2D eigenvalue weighted by molar-refractivity contribution is 8.04. The Morgan fingerprint density at radius 3 is 2.40 bits per heavy atom. The van der Waals surface area contributed by atoms with Crippen LogP contribution in [0.4, 0.5) is 0 Å². The Kier molecular flexibility index (Phi) is 4.40. The number of benzene rings is 3. The molecule has 3 aromatic carbocycles. The van der Waals surface area contributed by atoms with Crippen molar-refractivity contribution in [1.82, 2.24) is 0 Å². The molecule has 122 valence electrons. The Hall–Kier alpha value is -2.78.